The number of rotatable bonds is 11. The maximum atomic E-state index is 14.1. The fourth-order valence-corrected chi connectivity index (χ4v) is 4.89. The molecular weight excluding hydrogens is 508 g/mol. The van der Waals surface area contributed by atoms with Gasteiger partial charge in [-0.25, -0.2) is 4.68 Å². The van der Waals surface area contributed by atoms with Crippen LogP contribution in [0.15, 0.2) is 78.9 Å². The van der Waals surface area contributed by atoms with Gasteiger partial charge in [0.2, 0.25) is 11.8 Å². The smallest absolute Gasteiger partial charge is 0.247 e. The average molecular weight is 543 g/mol. The summed E-state index contributed by atoms with van der Waals surface area (Å²) in [5, 5.41) is 11.5. The highest BCUT2D eigenvalue weighted by molar-refractivity contribution is 5.89. The summed E-state index contributed by atoms with van der Waals surface area (Å²) in [5.41, 5.74) is 3.11. The van der Waals surface area contributed by atoms with E-state index in [4.69, 9.17) is 9.47 Å². The second kappa shape index (κ2) is 13.2. The number of para-hydroxylation sites is 1. The molecule has 2 heterocycles. The number of methoxy groups -OCH3 is 1. The van der Waals surface area contributed by atoms with Crippen LogP contribution >= 0.6 is 0 Å². The molecular formula is C30H34N6O4. The lowest BCUT2D eigenvalue weighted by Gasteiger charge is -2.34. The molecule has 40 heavy (non-hydrogen) atoms. The number of hydrogen-bond donors (Lipinski definition) is 1. The van der Waals surface area contributed by atoms with E-state index in [-0.39, 0.29) is 18.4 Å². The number of aromatic nitrogens is 3. The number of carbonyl (C=O) groups is 2. The number of hydrogen-bond acceptors (Lipinski definition) is 7. The van der Waals surface area contributed by atoms with Crippen LogP contribution in [-0.4, -0.2) is 83.1 Å². The van der Waals surface area contributed by atoms with Gasteiger partial charge in [0.15, 0.2) is 0 Å². The summed E-state index contributed by atoms with van der Waals surface area (Å²) in [4.78, 5) is 31.9. The summed E-state index contributed by atoms with van der Waals surface area (Å²) in [5.74, 6) is 0.115. The number of morpholine rings is 1. The van der Waals surface area contributed by atoms with Crippen molar-refractivity contribution in [3.8, 4) is 5.75 Å². The van der Waals surface area contributed by atoms with Crippen molar-refractivity contribution in [1.82, 2.24) is 30.1 Å². The molecule has 1 saturated heterocycles. The normalized spacial score (nSPS) is 14.5. The van der Waals surface area contributed by atoms with Crippen LogP contribution in [0.25, 0.3) is 11.0 Å². The Balaban J connectivity index is 1.46. The van der Waals surface area contributed by atoms with Gasteiger partial charge in [0.25, 0.3) is 0 Å². The molecule has 3 aromatic carbocycles. The van der Waals surface area contributed by atoms with Crippen LogP contribution in [-0.2, 0) is 27.4 Å². The molecule has 208 valence electrons. The number of nitrogens with zero attached hydrogens (tertiary/aromatic N) is 5. The van der Waals surface area contributed by atoms with E-state index in [9.17, 15) is 9.59 Å². The van der Waals surface area contributed by atoms with Crippen molar-refractivity contribution in [2.45, 2.75) is 19.1 Å². The molecule has 10 heteroatoms. The van der Waals surface area contributed by atoms with Crippen LogP contribution in [0, 0.1) is 0 Å². The first-order chi connectivity index (χ1) is 19.6. The van der Waals surface area contributed by atoms with Gasteiger partial charge in [-0.2, -0.15) is 0 Å². The van der Waals surface area contributed by atoms with Crippen molar-refractivity contribution in [3.05, 3.63) is 90.0 Å². The lowest BCUT2D eigenvalue weighted by atomic mass is 10.0. The van der Waals surface area contributed by atoms with E-state index in [2.05, 4.69) is 20.5 Å². The largest absolute Gasteiger partial charge is 0.497 e. The van der Waals surface area contributed by atoms with Crippen LogP contribution in [0.4, 0.5) is 0 Å². The zero-order valence-electron chi connectivity index (χ0n) is 22.6. The highest BCUT2D eigenvalue weighted by Crippen LogP contribution is 2.26. The summed E-state index contributed by atoms with van der Waals surface area (Å²) in [7, 11) is 1.58. The third kappa shape index (κ3) is 6.64. The van der Waals surface area contributed by atoms with Crippen LogP contribution in [0.2, 0.25) is 0 Å². The third-order valence-electron chi connectivity index (χ3n) is 7.07. The van der Waals surface area contributed by atoms with Crippen molar-refractivity contribution in [2.75, 3.05) is 46.5 Å². The van der Waals surface area contributed by atoms with Gasteiger partial charge >= 0.3 is 0 Å². The standard InChI is InChI=1S/C30H34N6O4/c1-39-25-11-7-10-24(20-25)29(30(38)31-21-23-8-3-2-4-9-23)35(15-14-34-16-18-40-19-17-34)28(37)22-36-27-13-6-5-12-26(27)32-33-36/h2-13,20,29H,14-19,21-22H2,1H3,(H,31,38)/t29-/m0/s1. The Bertz CT molecular complexity index is 1420. The number of benzene rings is 3. The number of nitrogens with one attached hydrogen (secondary N) is 1. The van der Waals surface area contributed by atoms with Crippen molar-refractivity contribution >= 4 is 22.8 Å². The summed E-state index contributed by atoms with van der Waals surface area (Å²) in [6, 6.07) is 23.7. The fraction of sp³-hybridized carbons (Fsp3) is 0.333. The second-order valence-corrected chi connectivity index (χ2v) is 9.66. The number of fused-ring (bicyclic) bond motifs is 1. The van der Waals surface area contributed by atoms with Gasteiger partial charge in [-0.1, -0.05) is 59.8 Å². The quantitative estimate of drug-likeness (QED) is 0.311. The topological polar surface area (TPSA) is 102 Å². The zero-order chi connectivity index (χ0) is 27.7. The molecule has 2 amide bonds. The van der Waals surface area contributed by atoms with Gasteiger partial charge in [0.05, 0.1) is 25.8 Å². The maximum Gasteiger partial charge on any atom is 0.247 e. The Hall–Kier alpha value is -4.28. The molecule has 0 spiro atoms. The molecule has 0 aliphatic carbocycles. The monoisotopic (exact) mass is 542 g/mol. The molecule has 1 fully saturated rings. The Kier molecular flexibility index (Phi) is 9.00. The molecule has 1 aromatic heterocycles. The predicted octanol–water partition coefficient (Wildman–Crippen LogP) is 2.66. The van der Waals surface area contributed by atoms with Gasteiger partial charge in [-0.3, -0.25) is 14.5 Å². The van der Waals surface area contributed by atoms with Crippen molar-refractivity contribution in [2.24, 2.45) is 0 Å². The molecule has 1 aliphatic rings. The van der Waals surface area contributed by atoms with Gasteiger partial charge in [-0.05, 0) is 35.4 Å². The molecule has 5 rings (SSSR count). The van der Waals surface area contributed by atoms with E-state index in [0.717, 1.165) is 24.2 Å². The van der Waals surface area contributed by atoms with Gasteiger partial charge in [0, 0.05) is 32.7 Å². The van der Waals surface area contributed by atoms with E-state index in [1.807, 2.05) is 78.9 Å². The Morgan fingerprint density at radius 3 is 2.60 bits per heavy atom. The van der Waals surface area contributed by atoms with Crippen molar-refractivity contribution in [3.63, 3.8) is 0 Å². The first-order valence-corrected chi connectivity index (χ1v) is 13.5. The number of ether oxygens (including phenoxy) is 2. The summed E-state index contributed by atoms with van der Waals surface area (Å²) in [6.07, 6.45) is 0. The minimum atomic E-state index is -0.873. The summed E-state index contributed by atoms with van der Waals surface area (Å²) < 4.78 is 12.6. The molecule has 0 radical (unpaired) electrons. The fourth-order valence-electron chi connectivity index (χ4n) is 4.89. The van der Waals surface area contributed by atoms with Gasteiger partial charge < -0.3 is 19.7 Å². The third-order valence-corrected chi connectivity index (χ3v) is 7.07. The predicted molar refractivity (Wildman–Crippen MR) is 151 cm³/mol. The molecule has 1 aliphatic heterocycles. The molecule has 0 saturated carbocycles. The average Bonchev–Trinajstić information content (AvgIpc) is 3.41. The number of carbonyl (C=O) groups excluding carboxylic acids is 2. The van der Waals surface area contributed by atoms with E-state index in [1.165, 1.54) is 0 Å². The minimum absolute atomic E-state index is 0.0456. The Labute approximate surface area is 233 Å². The van der Waals surface area contributed by atoms with Crippen LogP contribution < -0.4 is 10.1 Å². The van der Waals surface area contributed by atoms with Gasteiger partial charge in [0.1, 0.15) is 23.9 Å². The van der Waals surface area contributed by atoms with Crippen LogP contribution in [0.5, 0.6) is 5.75 Å². The zero-order valence-corrected chi connectivity index (χ0v) is 22.6. The van der Waals surface area contributed by atoms with E-state index >= 15 is 0 Å². The van der Waals surface area contributed by atoms with Crippen LogP contribution in [0.3, 0.4) is 0 Å². The highest BCUT2D eigenvalue weighted by Gasteiger charge is 2.32. The minimum Gasteiger partial charge on any atom is -0.497 e. The second-order valence-electron chi connectivity index (χ2n) is 9.66. The van der Waals surface area contributed by atoms with Crippen LogP contribution in [0.1, 0.15) is 17.2 Å². The highest BCUT2D eigenvalue weighted by atomic mass is 16.5. The molecule has 0 unspecified atom stereocenters. The number of amides is 2. The summed E-state index contributed by atoms with van der Waals surface area (Å²) >= 11 is 0. The maximum absolute atomic E-state index is 14.1. The van der Waals surface area contributed by atoms with E-state index in [1.54, 1.807) is 16.7 Å². The molecule has 0 bridgehead atoms. The molecule has 1 atom stereocenters. The van der Waals surface area contributed by atoms with Gasteiger partial charge in [-0.15, -0.1) is 5.10 Å². The van der Waals surface area contributed by atoms with Crippen molar-refractivity contribution in [1.29, 1.82) is 0 Å². The van der Waals surface area contributed by atoms with E-state index < -0.39 is 6.04 Å². The first kappa shape index (κ1) is 27.3. The first-order valence-electron chi connectivity index (χ1n) is 13.5. The Morgan fingerprint density at radius 2 is 1.80 bits per heavy atom. The van der Waals surface area contributed by atoms with Crippen molar-refractivity contribution < 1.29 is 19.1 Å². The lowest BCUT2D eigenvalue weighted by Crippen LogP contribution is -2.49. The Morgan fingerprint density at radius 1 is 1.02 bits per heavy atom. The van der Waals surface area contributed by atoms with E-state index in [0.29, 0.717) is 49.7 Å². The summed E-state index contributed by atoms with van der Waals surface area (Å²) in [6.45, 7) is 4.12. The molecule has 10 nitrogen and oxygen atoms in total. The molecule has 4 aromatic rings. The SMILES string of the molecule is COc1cccc([C@@H](C(=O)NCc2ccccc2)N(CCN2CCOCC2)C(=O)Cn2nnc3ccccc32)c1. The lowest BCUT2D eigenvalue weighted by molar-refractivity contribution is -0.142. The molecule has 1 N–H and O–H groups in total.